The molecule has 0 saturated carbocycles. The van der Waals surface area contributed by atoms with Gasteiger partial charge in [-0.05, 0) is 43.4 Å². The fourth-order valence-corrected chi connectivity index (χ4v) is 3.99. The molecule has 1 aromatic carbocycles. The zero-order chi connectivity index (χ0) is 15.0. The van der Waals surface area contributed by atoms with Crippen molar-refractivity contribution < 1.29 is 18.3 Å². The van der Waals surface area contributed by atoms with Crippen molar-refractivity contribution >= 4 is 11.3 Å². The van der Waals surface area contributed by atoms with Crippen molar-refractivity contribution in [1.82, 2.24) is 0 Å². The number of aliphatic hydroxyl groups is 1. The molecule has 0 saturated heterocycles. The number of halogens is 3. The lowest BCUT2D eigenvalue weighted by molar-refractivity contribution is 0.217. The standard InChI is InChI=1S/C16H15F3OS/c17-11-8-13(19)12(18)7-10(11)16(20)15-6-9-4-2-1-3-5-14(9)21-15/h6-8,16,20H,1-5H2. The lowest BCUT2D eigenvalue weighted by Crippen LogP contribution is -2.03. The molecule has 0 fully saturated rings. The predicted octanol–water partition coefficient (Wildman–Crippen LogP) is 4.52. The molecular weight excluding hydrogens is 297 g/mol. The number of thiophene rings is 1. The van der Waals surface area contributed by atoms with Crippen LogP contribution >= 0.6 is 11.3 Å². The number of hydrogen-bond acceptors (Lipinski definition) is 2. The highest BCUT2D eigenvalue weighted by Gasteiger charge is 2.22. The summed E-state index contributed by atoms with van der Waals surface area (Å²) in [7, 11) is 0. The first kappa shape index (κ1) is 14.6. The van der Waals surface area contributed by atoms with Crippen molar-refractivity contribution in [1.29, 1.82) is 0 Å². The molecule has 1 N–H and O–H groups in total. The Kier molecular flexibility index (Phi) is 4.04. The number of hydrogen-bond donors (Lipinski definition) is 1. The molecule has 2 aromatic rings. The fourth-order valence-electron chi connectivity index (χ4n) is 2.73. The number of benzene rings is 1. The van der Waals surface area contributed by atoms with Crippen LogP contribution in [0.4, 0.5) is 13.2 Å². The van der Waals surface area contributed by atoms with Crippen LogP contribution in [0.2, 0.25) is 0 Å². The van der Waals surface area contributed by atoms with Crippen LogP contribution in [0.3, 0.4) is 0 Å². The average molecular weight is 312 g/mol. The summed E-state index contributed by atoms with van der Waals surface area (Å²) in [6.45, 7) is 0. The maximum atomic E-state index is 13.8. The first-order valence-corrected chi connectivity index (χ1v) is 7.82. The van der Waals surface area contributed by atoms with Gasteiger partial charge >= 0.3 is 0 Å². The Balaban J connectivity index is 1.95. The van der Waals surface area contributed by atoms with Gasteiger partial charge in [0.15, 0.2) is 11.6 Å². The van der Waals surface area contributed by atoms with E-state index in [-0.39, 0.29) is 5.56 Å². The van der Waals surface area contributed by atoms with Gasteiger partial charge < -0.3 is 5.11 Å². The second kappa shape index (κ2) is 5.81. The maximum Gasteiger partial charge on any atom is 0.161 e. The highest BCUT2D eigenvalue weighted by Crippen LogP contribution is 2.35. The van der Waals surface area contributed by atoms with E-state index in [4.69, 9.17) is 0 Å². The Hall–Kier alpha value is -1.33. The molecule has 0 aliphatic heterocycles. The summed E-state index contributed by atoms with van der Waals surface area (Å²) in [5.41, 5.74) is 0.972. The first-order chi connectivity index (χ1) is 10.1. The molecule has 0 spiro atoms. The van der Waals surface area contributed by atoms with Crippen LogP contribution < -0.4 is 0 Å². The third-order valence-corrected chi connectivity index (χ3v) is 5.16. The molecular formula is C16H15F3OS. The number of aryl methyl sites for hydroxylation is 2. The minimum Gasteiger partial charge on any atom is -0.383 e. The van der Waals surface area contributed by atoms with Crippen LogP contribution in [0.15, 0.2) is 18.2 Å². The average Bonchev–Trinajstić information content (AvgIpc) is 2.73. The third kappa shape index (κ3) is 2.85. The van der Waals surface area contributed by atoms with Gasteiger partial charge in [0.25, 0.3) is 0 Å². The normalized spacial score (nSPS) is 16.4. The number of rotatable bonds is 2. The summed E-state index contributed by atoms with van der Waals surface area (Å²) >= 11 is 1.44. The second-order valence-electron chi connectivity index (χ2n) is 5.35. The van der Waals surface area contributed by atoms with Crippen molar-refractivity contribution in [2.45, 2.75) is 38.2 Å². The van der Waals surface area contributed by atoms with E-state index in [1.54, 1.807) is 0 Å². The van der Waals surface area contributed by atoms with Gasteiger partial charge in [-0.25, -0.2) is 13.2 Å². The van der Waals surface area contributed by atoms with Gasteiger partial charge in [-0.2, -0.15) is 0 Å². The summed E-state index contributed by atoms with van der Waals surface area (Å²) in [4.78, 5) is 1.80. The van der Waals surface area contributed by atoms with Crippen molar-refractivity contribution in [3.05, 3.63) is 56.5 Å². The largest absolute Gasteiger partial charge is 0.383 e. The zero-order valence-corrected chi connectivity index (χ0v) is 12.2. The van der Waals surface area contributed by atoms with Crippen LogP contribution in [0, 0.1) is 17.5 Å². The van der Waals surface area contributed by atoms with Crippen molar-refractivity contribution in [2.24, 2.45) is 0 Å². The number of aliphatic hydroxyl groups excluding tert-OH is 1. The Bertz CT molecular complexity index is 642. The van der Waals surface area contributed by atoms with Gasteiger partial charge in [-0.3, -0.25) is 0 Å². The Labute approximate surface area is 125 Å². The second-order valence-corrected chi connectivity index (χ2v) is 6.52. The van der Waals surface area contributed by atoms with E-state index < -0.39 is 23.6 Å². The van der Waals surface area contributed by atoms with E-state index in [2.05, 4.69) is 0 Å². The molecule has 1 nitrogen and oxygen atoms in total. The van der Waals surface area contributed by atoms with Crippen LogP contribution in [-0.4, -0.2) is 5.11 Å². The molecule has 112 valence electrons. The molecule has 1 atom stereocenters. The van der Waals surface area contributed by atoms with E-state index in [1.807, 2.05) is 6.07 Å². The molecule has 0 bridgehead atoms. The molecule has 21 heavy (non-hydrogen) atoms. The molecule has 1 heterocycles. The van der Waals surface area contributed by atoms with Crippen molar-refractivity contribution in [2.75, 3.05) is 0 Å². The quantitative estimate of drug-likeness (QED) is 0.639. The highest BCUT2D eigenvalue weighted by atomic mass is 32.1. The first-order valence-electron chi connectivity index (χ1n) is 7.00. The van der Waals surface area contributed by atoms with E-state index in [1.165, 1.54) is 28.2 Å². The highest BCUT2D eigenvalue weighted by molar-refractivity contribution is 7.12. The zero-order valence-electron chi connectivity index (χ0n) is 11.3. The third-order valence-electron chi connectivity index (χ3n) is 3.87. The molecule has 0 amide bonds. The summed E-state index contributed by atoms with van der Waals surface area (Å²) < 4.78 is 40.0. The van der Waals surface area contributed by atoms with Gasteiger partial charge in [-0.1, -0.05) is 6.42 Å². The maximum absolute atomic E-state index is 13.8. The van der Waals surface area contributed by atoms with Gasteiger partial charge in [0, 0.05) is 21.4 Å². The fraction of sp³-hybridized carbons (Fsp3) is 0.375. The Morgan fingerprint density at radius 2 is 1.62 bits per heavy atom. The minimum absolute atomic E-state index is 0.217. The van der Waals surface area contributed by atoms with Crippen LogP contribution in [-0.2, 0) is 12.8 Å². The van der Waals surface area contributed by atoms with Crippen molar-refractivity contribution in [3.8, 4) is 0 Å². The summed E-state index contributed by atoms with van der Waals surface area (Å²) in [6.07, 6.45) is 4.08. The van der Waals surface area contributed by atoms with E-state index in [0.717, 1.165) is 31.7 Å². The van der Waals surface area contributed by atoms with Crippen LogP contribution in [0.1, 0.15) is 46.2 Å². The van der Waals surface area contributed by atoms with Crippen molar-refractivity contribution in [3.63, 3.8) is 0 Å². The van der Waals surface area contributed by atoms with Gasteiger partial charge in [0.1, 0.15) is 11.9 Å². The lowest BCUT2D eigenvalue weighted by atomic mass is 10.0. The molecule has 5 heteroatoms. The molecule has 0 radical (unpaired) electrons. The smallest absolute Gasteiger partial charge is 0.161 e. The van der Waals surface area contributed by atoms with Crippen LogP contribution in [0.25, 0.3) is 0 Å². The molecule has 3 rings (SSSR count). The SMILES string of the molecule is OC(c1cc2c(s1)CCCCC2)c1cc(F)c(F)cc1F. The molecule has 1 unspecified atom stereocenters. The van der Waals surface area contributed by atoms with Gasteiger partial charge in [0.05, 0.1) is 0 Å². The lowest BCUT2D eigenvalue weighted by Gasteiger charge is -2.10. The van der Waals surface area contributed by atoms with E-state index in [9.17, 15) is 18.3 Å². The summed E-state index contributed by atoms with van der Waals surface area (Å²) in [5.74, 6) is -3.32. The molecule has 1 aromatic heterocycles. The van der Waals surface area contributed by atoms with Gasteiger partial charge in [0.2, 0.25) is 0 Å². The summed E-state index contributed by atoms with van der Waals surface area (Å²) in [6, 6.07) is 3.09. The monoisotopic (exact) mass is 312 g/mol. The summed E-state index contributed by atoms with van der Waals surface area (Å²) in [5, 5.41) is 10.3. The van der Waals surface area contributed by atoms with E-state index in [0.29, 0.717) is 10.9 Å². The predicted molar refractivity (Wildman–Crippen MR) is 76.0 cm³/mol. The number of fused-ring (bicyclic) bond motifs is 1. The minimum atomic E-state index is -1.25. The Morgan fingerprint density at radius 3 is 2.43 bits per heavy atom. The van der Waals surface area contributed by atoms with E-state index >= 15 is 0 Å². The van der Waals surface area contributed by atoms with Crippen LogP contribution in [0.5, 0.6) is 0 Å². The topological polar surface area (TPSA) is 20.2 Å². The molecule has 1 aliphatic carbocycles. The molecule has 1 aliphatic rings. The Morgan fingerprint density at radius 1 is 0.905 bits per heavy atom. The van der Waals surface area contributed by atoms with Gasteiger partial charge in [-0.15, -0.1) is 11.3 Å².